The number of carbonyl (C=O) groups is 1. The molecule has 0 saturated heterocycles. The van der Waals surface area contributed by atoms with Crippen LogP contribution in [0.5, 0.6) is 0 Å². The van der Waals surface area contributed by atoms with Crippen LogP contribution in [0.4, 0.5) is 5.82 Å². The van der Waals surface area contributed by atoms with E-state index in [9.17, 15) is 13.2 Å². The standard InChI is InChI=1S/C23H26BrN3O4S/c1-14-5-7-16(8-6-14)20-19(22(28)25-2)18-13-17(15-9-10-15)21(26-23(18)31-20)27-32(29,30)12-4-3-11-24/h5-8,13,15H,3-4,9-12H2,1-2H3,(H,25,28)(H,26,27). The van der Waals surface area contributed by atoms with Crippen LogP contribution in [0.3, 0.4) is 0 Å². The number of carbonyl (C=O) groups excluding carboxylic acids is 1. The number of nitrogens with one attached hydrogen (secondary N) is 2. The van der Waals surface area contributed by atoms with Crippen molar-refractivity contribution in [2.24, 2.45) is 0 Å². The molecular weight excluding hydrogens is 494 g/mol. The van der Waals surface area contributed by atoms with E-state index in [4.69, 9.17) is 4.42 Å². The van der Waals surface area contributed by atoms with Crippen LogP contribution in [0, 0.1) is 6.92 Å². The van der Waals surface area contributed by atoms with E-state index < -0.39 is 10.0 Å². The van der Waals surface area contributed by atoms with Gasteiger partial charge in [-0.25, -0.2) is 8.42 Å². The van der Waals surface area contributed by atoms with Gasteiger partial charge >= 0.3 is 0 Å². The smallest absolute Gasteiger partial charge is 0.255 e. The van der Waals surface area contributed by atoms with Crippen LogP contribution < -0.4 is 10.0 Å². The number of hydrogen-bond acceptors (Lipinski definition) is 5. The van der Waals surface area contributed by atoms with Gasteiger partial charge in [-0.15, -0.1) is 0 Å². The highest BCUT2D eigenvalue weighted by molar-refractivity contribution is 9.09. The lowest BCUT2D eigenvalue weighted by molar-refractivity contribution is 0.0964. The van der Waals surface area contributed by atoms with Crippen molar-refractivity contribution in [3.63, 3.8) is 0 Å². The highest BCUT2D eigenvalue weighted by Crippen LogP contribution is 2.45. The molecule has 2 heterocycles. The van der Waals surface area contributed by atoms with Gasteiger partial charge in [-0.1, -0.05) is 45.8 Å². The molecule has 3 aromatic rings. The molecular formula is C23H26BrN3O4S. The van der Waals surface area contributed by atoms with Crippen LogP contribution in [0.15, 0.2) is 34.7 Å². The molecule has 7 nitrogen and oxygen atoms in total. The van der Waals surface area contributed by atoms with Crippen molar-refractivity contribution in [1.82, 2.24) is 10.3 Å². The number of sulfonamides is 1. The van der Waals surface area contributed by atoms with E-state index in [1.165, 1.54) is 0 Å². The molecule has 1 aromatic carbocycles. The second kappa shape index (κ2) is 9.23. The number of furan rings is 1. The Hall–Kier alpha value is -2.39. The third kappa shape index (κ3) is 4.83. The minimum Gasteiger partial charge on any atom is -0.437 e. The largest absolute Gasteiger partial charge is 0.437 e. The van der Waals surface area contributed by atoms with Crippen LogP contribution >= 0.6 is 15.9 Å². The first kappa shape index (κ1) is 22.8. The lowest BCUT2D eigenvalue weighted by atomic mass is 10.0. The summed E-state index contributed by atoms with van der Waals surface area (Å²) in [6.45, 7) is 1.99. The first-order valence-electron chi connectivity index (χ1n) is 10.7. The topological polar surface area (TPSA) is 101 Å². The number of alkyl halides is 1. The van der Waals surface area contributed by atoms with Gasteiger partial charge in [0, 0.05) is 17.9 Å². The molecule has 0 radical (unpaired) electrons. The van der Waals surface area contributed by atoms with Crippen LogP contribution in [0.1, 0.15) is 53.1 Å². The number of pyridine rings is 1. The van der Waals surface area contributed by atoms with Crippen molar-refractivity contribution < 1.29 is 17.6 Å². The van der Waals surface area contributed by atoms with Gasteiger partial charge in [0.1, 0.15) is 11.6 Å². The number of aryl methyl sites for hydroxylation is 1. The molecule has 0 spiro atoms. The van der Waals surface area contributed by atoms with E-state index in [-0.39, 0.29) is 23.3 Å². The van der Waals surface area contributed by atoms with Gasteiger partial charge in [-0.05, 0) is 50.2 Å². The van der Waals surface area contributed by atoms with E-state index in [1.54, 1.807) is 7.05 Å². The number of halogens is 1. The van der Waals surface area contributed by atoms with E-state index in [0.717, 1.165) is 41.3 Å². The van der Waals surface area contributed by atoms with Gasteiger partial charge in [-0.2, -0.15) is 4.98 Å². The van der Waals surface area contributed by atoms with Gasteiger partial charge in [0.25, 0.3) is 5.91 Å². The predicted molar refractivity (Wildman–Crippen MR) is 130 cm³/mol. The minimum atomic E-state index is -3.54. The zero-order valence-electron chi connectivity index (χ0n) is 18.1. The summed E-state index contributed by atoms with van der Waals surface area (Å²) in [7, 11) is -1.97. The zero-order valence-corrected chi connectivity index (χ0v) is 20.5. The molecule has 2 N–H and O–H groups in total. The van der Waals surface area contributed by atoms with E-state index in [2.05, 4.69) is 31.0 Å². The monoisotopic (exact) mass is 519 g/mol. The number of fused-ring (bicyclic) bond motifs is 1. The summed E-state index contributed by atoms with van der Waals surface area (Å²) in [5.41, 5.74) is 3.31. The SMILES string of the molecule is CNC(=O)c1c(-c2ccc(C)cc2)oc2nc(NS(=O)(=O)CCCCBr)c(C3CC3)cc12. The van der Waals surface area contributed by atoms with Crippen LogP contribution in [-0.4, -0.2) is 37.4 Å². The Labute approximate surface area is 196 Å². The maximum atomic E-state index is 12.8. The van der Waals surface area contributed by atoms with Crippen molar-refractivity contribution in [1.29, 1.82) is 0 Å². The van der Waals surface area contributed by atoms with E-state index in [1.807, 2.05) is 37.3 Å². The highest BCUT2D eigenvalue weighted by atomic mass is 79.9. The summed E-state index contributed by atoms with van der Waals surface area (Å²) in [5, 5.41) is 4.03. The number of unbranched alkanes of at least 4 members (excludes halogenated alkanes) is 1. The third-order valence-electron chi connectivity index (χ3n) is 5.55. The summed E-state index contributed by atoms with van der Waals surface area (Å²) in [6.07, 6.45) is 3.25. The molecule has 170 valence electrons. The molecule has 1 saturated carbocycles. The third-order valence-corrected chi connectivity index (χ3v) is 7.44. The maximum absolute atomic E-state index is 12.8. The fourth-order valence-electron chi connectivity index (χ4n) is 3.67. The molecule has 4 rings (SSSR count). The van der Waals surface area contributed by atoms with Crippen molar-refractivity contribution >= 4 is 48.8 Å². The van der Waals surface area contributed by atoms with Gasteiger partial charge in [0.15, 0.2) is 0 Å². The molecule has 1 aliphatic carbocycles. The summed E-state index contributed by atoms with van der Waals surface area (Å²) in [4.78, 5) is 17.3. The summed E-state index contributed by atoms with van der Waals surface area (Å²) in [6, 6.07) is 9.56. The number of benzene rings is 1. The average molecular weight is 520 g/mol. The van der Waals surface area contributed by atoms with E-state index in [0.29, 0.717) is 28.9 Å². The highest BCUT2D eigenvalue weighted by Gasteiger charge is 2.31. The molecule has 0 aliphatic heterocycles. The Bertz CT molecular complexity index is 1250. The van der Waals surface area contributed by atoms with E-state index >= 15 is 0 Å². The van der Waals surface area contributed by atoms with Crippen molar-refractivity contribution in [3.05, 3.63) is 47.0 Å². The normalized spacial score (nSPS) is 14.0. The molecule has 1 amide bonds. The zero-order chi connectivity index (χ0) is 22.9. The number of aromatic nitrogens is 1. The van der Waals surface area contributed by atoms with Crippen LogP contribution in [0.25, 0.3) is 22.4 Å². The summed E-state index contributed by atoms with van der Waals surface area (Å²) >= 11 is 3.33. The molecule has 32 heavy (non-hydrogen) atoms. The maximum Gasteiger partial charge on any atom is 0.255 e. The number of nitrogens with zero attached hydrogens (tertiary/aromatic N) is 1. The lowest BCUT2D eigenvalue weighted by Crippen LogP contribution is -2.19. The Morgan fingerprint density at radius 1 is 1.22 bits per heavy atom. The van der Waals surface area contributed by atoms with Gasteiger partial charge < -0.3 is 9.73 Å². The number of hydrogen-bond donors (Lipinski definition) is 2. The molecule has 1 aliphatic rings. The fraction of sp³-hybridized carbons (Fsp3) is 0.391. The van der Waals surface area contributed by atoms with Gasteiger partial charge in [0.05, 0.1) is 16.7 Å². The second-order valence-corrected chi connectivity index (χ2v) is 10.8. The van der Waals surface area contributed by atoms with Crippen molar-refractivity contribution in [3.8, 4) is 11.3 Å². The quantitative estimate of drug-likeness (QED) is 0.307. The Morgan fingerprint density at radius 3 is 2.56 bits per heavy atom. The molecule has 0 atom stereocenters. The fourth-order valence-corrected chi connectivity index (χ4v) is 5.21. The minimum absolute atomic E-state index is 0.0265. The molecule has 9 heteroatoms. The summed E-state index contributed by atoms with van der Waals surface area (Å²) in [5.74, 6) is 0.699. The van der Waals surface area contributed by atoms with Crippen LogP contribution in [-0.2, 0) is 10.0 Å². The number of amides is 1. The Morgan fingerprint density at radius 2 is 1.94 bits per heavy atom. The summed E-state index contributed by atoms with van der Waals surface area (Å²) < 4.78 is 34.0. The Balaban J connectivity index is 1.83. The molecule has 0 bridgehead atoms. The predicted octanol–water partition coefficient (Wildman–Crippen LogP) is 4.96. The average Bonchev–Trinajstić information content (AvgIpc) is 3.54. The van der Waals surface area contributed by atoms with Crippen LogP contribution in [0.2, 0.25) is 0 Å². The molecule has 2 aromatic heterocycles. The van der Waals surface area contributed by atoms with Gasteiger partial charge in [0.2, 0.25) is 15.7 Å². The number of anilines is 1. The lowest BCUT2D eigenvalue weighted by Gasteiger charge is -2.11. The Kier molecular flexibility index (Phi) is 6.57. The van der Waals surface area contributed by atoms with Crippen molar-refractivity contribution in [2.45, 2.75) is 38.5 Å². The first-order valence-corrected chi connectivity index (χ1v) is 13.4. The second-order valence-electron chi connectivity index (χ2n) is 8.12. The first-order chi connectivity index (χ1) is 15.3. The van der Waals surface area contributed by atoms with Gasteiger partial charge in [-0.3, -0.25) is 9.52 Å². The molecule has 0 unspecified atom stereocenters. The number of rotatable bonds is 9. The molecule has 1 fully saturated rings. The van der Waals surface area contributed by atoms with Crippen molar-refractivity contribution in [2.75, 3.05) is 22.9 Å².